The molecule has 0 radical (unpaired) electrons. The summed E-state index contributed by atoms with van der Waals surface area (Å²) in [4.78, 5) is 45.2. The topological polar surface area (TPSA) is 162 Å². The van der Waals surface area contributed by atoms with Gasteiger partial charge in [0.2, 0.25) is 5.75 Å². The van der Waals surface area contributed by atoms with E-state index in [9.17, 15) is 29.8 Å². The highest BCUT2D eigenvalue weighted by Crippen LogP contribution is 2.39. The molecule has 0 aliphatic carbocycles. The lowest BCUT2D eigenvalue weighted by Gasteiger charge is -2.11. The molecule has 0 unspecified atom stereocenters. The summed E-state index contributed by atoms with van der Waals surface area (Å²) in [6.45, 7) is -0.549. The van der Waals surface area contributed by atoms with Crippen LogP contribution in [-0.2, 0) is 9.59 Å². The average molecular weight is 491 g/mol. The van der Waals surface area contributed by atoms with E-state index in [1.807, 2.05) is 0 Å². The van der Waals surface area contributed by atoms with Gasteiger partial charge in [0.15, 0.2) is 11.5 Å². The summed E-state index contributed by atoms with van der Waals surface area (Å²) in [6, 6.07) is 7.44. The second kappa shape index (κ2) is 9.62. The number of thioether (sulfide) groups is 1. The predicted octanol–water partition coefficient (Wildman–Crippen LogP) is 3.59. The number of carbonyl (C=O) groups excluding carboxylic acids is 1. The molecule has 33 heavy (non-hydrogen) atoms. The second-order valence-electron chi connectivity index (χ2n) is 6.34. The number of aliphatic carboxylic acids is 1. The molecule has 2 aromatic rings. The van der Waals surface area contributed by atoms with Crippen LogP contribution in [0.15, 0.2) is 41.3 Å². The molecular weight excluding hydrogens is 478 g/mol. The van der Waals surface area contributed by atoms with Crippen molar-refractivity contribution in [1.29, 1.82) is 0 Å². The molecule has 12 nitrogen and oxygen atoms in total. The van der Waals surface area contributed by atoms with Crippen LogP contribution in [0.5, 0.6) is 17.2 Å². The molecule has 1 aliphatic rings. The molecule has 2 aromatic carbocycles. The third kappa shape index (κ3) is 5.24. The minimum absolute atomic E-state index is 0.0880. The number of methoxy groups -OCH3 is 1. The Morgan fingerprint density at radius 3 is 2.45 bits per heavy atom. The number of nitro benzene ring substituents is 2. The van der Waals surface area contributed by atoms with E-state index >= 15 is 0 Å². The Morgan fingerprint density at radius 1 is 1.15 bits per heavy atom. The minimum atomic E-state index is -1.20. The number of hydrogen-bond donors (Lipinski definition) is 1. The Kier molecular flexibility index (Phi) is 6.89. The second-order valence-corrected chi connectivity index (χ2v) is 8.02. The first kappa shape index (κ1) is 23.6. The molecule has 170 valence electrons. The summed E-state index contributed by atoms with van der Waals surface area (Å²) in [7, 11) is 1.34. The van der Waals surface area contributed by atoms with Gasteiger partial charge in [-0.2, -0.15) is 0 Å². The Balaban J connectivity index is 1.90. The molecule has 0 spiro atoms. The smallest absolute Gasteiger partial charge is 0.323 e. The monoisotopic (exact) mass is 491 g/mol. The largest absolute Gasteiger partial charge is 0.493 e. The molecule has 14 heteroatoms. The summed E-state index contributed by atoms with van der Waals surface area (Å²) >= 11 is 6.00. The standard InChI is InChI=1S/C19H13N3O9S2/c1-30-15-6-10(7-16-18(25)20(9-17(23)24)19(32)33-16)2-4-14(15)31-13-5-3-11(21(26)27)8-12(13)22(28)29/h2-8H,9H2,1H3,(H,23,24)/b16-7+. The van der Waals surface area contributed by atoms with Crippen LogP contribution in [0.2, 0.25) is 0 Å². The van der Waals surface area contributed by atoms with Gasteiger partial charge in [-0.15, -0.1) is 0 Å². The first-order chi connectivity index (χ1) is 15.6. The van der Waals surface area contributed by atoms with E-state index in [-0.39, 0.29) is 26.5 Å². The molecule has 0 saturated carbocycles. The van der Waals surface area contributed by atoms with Crippen molar-refractivity contribution >= 4 is 57.6 Å². The summed E-state index contributed by atoms with van der Waals surface area (Å²) in [5.41, 5.74) is -0.567. The number of carboxylic acid groups (broad SMARTS) is 1. The number of nitrogens with zero attached hydrogens (tertiary/aromatic N) is 3. The molecule has 1 saturated heterocycles. The maximum absolute atomic E-state index is 12.4. The zero-order chi connectivity index (χ0) is 24.3. The lowest BCUT2D eigenvalue weighted by molar-refractivity contribution is -0.394. The van der Waals surface area contributed by atoms with Crippen molar-refractivity contribution < 1.29 is 34.0 Å². The number of hydrogen-bond acceptors (Lipinski definition) is 10. The Bertz CT molecular complexity index is 1230. The third-order valence-corrected chi connectivity index (χ3v) is 5.60. The fraction of sp³-hybridized carbons (Fsp3) is 0.105. The molecular formula is C19H13N3O9S2. The van der Waals surface area contributed by atoms with Crippen molar-refractivity contribution in [2.45, 2.75) is 0 Å². The number of ether oxygens (including phenoxy) is 2. The number of thiocarbonyl (C=S) groups is 1. The Labute approximate surface area is 194 Å². The zero-order valence-corrected chi connectivity index (χ0v) is 18.3. The van der Waals surface area contributed by atoms with Gasteiger partial charge >= 0.3 is 11.7 Å². The van der Waals surface area contributed by atoms with Crippen molar-refractivity contribution in [1.82, 2.24) is 4.90 Å². The van der Waals surface area contributed by atoms with Gasteiger partial charge in [0.05, 0.1) is 27.9 Å². The Hall–Kier alpha value is -4.04. The predicted molar refractivity (Wildman–Crippen MR) is 120 cm³/mol. The lowest BCUT2D eigenvalue weighted by atomic mass is 10.1. The molecule has 3 rings (SSSR count). The Morgan fingerprint density at radius 2 is 1.85 bits per heavy atom. The molecule has 0 aromatic heterocycles. The van der Waals surface area contributed by atoms with Gasteiger partial charge in [0.25, 0.3) is 11.6 Å². The number of carbonyl (C=O) groups is 2. The molecule has 1 amide bonds. The maximum Gasteiger partial charge on any atom is 0.323 e. The molecule has 0 atom stereocenters. The van der Waals surface area contributed by atoms with Crippen molar-refractivity contribution in [2.24, 2.45) is 0 Å². The van der Waals surface area contributed by atoms with E-state index in [4.69, 9.17) is 26.8 Å². The summed E-state index contributed by atoms with van der Waals surface area (Å²) in [5.74, 6) is -1.72. The molecule has 1 heterocycles. The highest BCUT2D eigenvalue weighted by atomic mass is 32.2. The van der Waals surface area contributed by atoms with E-state index in [1.54, 1.807) is 6.07 Å². The van der Waals surface area contributed by atoms with Gasteiger partial charge in [-0.1, -0.05) is 30.0 Å². The number of benzene rings is 2. The van der Waals surface area contributed by atoms with Crippen LogP contribution in [-0.4, -0.2) is 49.7 Å². The fourth-order valence-electron chi connectivity index (χ4n) is 2.75. The van der Waals surface area contributed by atoms with E-state index in [0.717, 1.165) is 34.9 Å². The average Bonchev–Trinajstić information content (AvgIpc) is 3.01. The summed E-state index contributed by atoms with van der Waals surface area (Å²) < 4.78 is 11.0. The van der Waals surface area contributed by atoms with Gasteiger partial charge in [0, 0.05) is 6.07 Å². The van der Waals surface area contributed by atoms with E-state index < -0.39 is 39.6 Å². The highest BCUT2D eigenvalue weighted by molar-refractivity contribution is 8.26. The first-order valence-corrected chi connectivity index (χ1v) is 10.1. The minimum Gasteiger partial charge on any atom is -0.493 e. The zero-order valence-electron chi connectivity index (χ0n) is 16.6. The molecule has 1 aliphatic heterocycles. The fourth-order valence-corrected chi connectivity index (χ4v) is 4.00. The van der Waals surface area contributed by atoms with Crippen molar-refractivity contribution in [3.05, 3.63) is 67.1 Å². The van der Waals surface area contributed by atoms with Gasteiger partial charge in [0.1, 0.15) is 10.9 Å². The SMILES string of the molecule is COc1cc(/C=C2/SC(=S)N(CC(=O)O)C2=O)ccc1Oc1ccc([N+](=O)[O-])cc1[N+](=O)[O-]. The molecule has 0 bridgehead atoms. The first-order valence-electron chi connectivity index (χ1n) is 8.86. The van der Waals surface area contributed by atoms with Crippen LogP contribution < -0.4 is 9.47 Å². The number of rotatable bonds is 8. The van der Waals surface area contributed by atoms with E-state index in [1.165, 1.54) is 25.3 Å². The lowest BCUT2D eigenvalue weighted by Crippen LogP contribution is -2.33. The van der Waals surface area contributed by atoms with E-state index in [2.05, 4.69) is 0 Å². The van der Waals surface area contributed by atoms with Crippen LogP contribution in [0.4, 0.5) is 11.4 Å². The third-order valence-electron chi connectivity index (χ3n) is 4.22. The number of nitro groups is 2. The van der Waals surface area contributed by atoms with Gasteiger partial charge < -0.3 is 14.6 Å². The van der Waals surface area contributed by atoms with Gasteiger partial charge in [-0.3, -0.25) is 34.7 Å². The number of non-ortho nitro benzene ring substituents is 1. The van der Waals surface area contributed by atoms with Crippen molar-refractivity contribution in [3.63, 3.8) is 0 Å². The van der Waals surface area contributed by atoms with Crippen molar-refractivity contribution in [2.75, 3.05) is 13.7 Å². The van der Waals surface area contributed by atoms with Crippen LogP contribution in [0.25, 0.3) is 6.08 Å². The highest BCUT2D eigenvalue weighted by Gasteiger charge is 2.33. The van der Waals surface area contributed by atoms with Crippen molar-refractivity contribution in [3.8, 4) is 17.2 Å². The summed E-state index contributed by atoms with van der Waals surface area (Å²) in [6.07, 6.45) is 1.49. The number of amides is 1. The molecule has 1 N–H and O–H groups in total. The number of carboxylic acids is 1. The van der Waals surface area contributed by atoms with E-state index in [0.29, 0.717) is 5.56 Å². The molecule has 1 fully saturated rings. The summed E-state index contributed by atoms with van der Waals surface area (Å²) in [5, 5.41) is 31.1. The maximum atomic E-state index is 12.4. The van der Waals surface area contributed by atoms with Crippen LogP contribution in [0.1, 0.15) is 5.56 Å². The van der Waals surface area contributed by atoms with Crippen LogP contribution in [0, 0.1) is 20.2 Å². The van der Waals surface area contributed by atoms with Gasteiger partial charge in [-0.05, 0) is 29.8 Å². The van der Waals surface area contributed by atoms with Gasteiger partial charge in [-0.25, -0.2) is 0 Å². The van der Waals surface area contributed by atoms with Crippen LogP contribution >= 0.6 is 24.0 Å². The quantitative estimate of drug-likeness (QED) is 0.248. The normalized spacial score (nSPS) is 14.5. The van der Waals surface area contributed by atoms with Crippen LogP contribution in [0.3, 0.4) is 0 Å².